The van der Waals surface area contributed by atoms with E-state index in [9.17, 15) is 9.59 Å². The molecule has 0 amide bonds. The molecule has 2 aromatic carbocycles. The summed E-state index contributed by atoms with van der Waals surface area (Å²) in [6.07, 6.45) is -0.0336. The normalized spacial score (nSPS) is 10.3. The van der Waals surface area contributed by atoms with Gasteiger partial charge in [-0.15, -0.1) is 0 Å². The lowest BCUT2D eigenvalue weighted by molar-refractivity contribution is -0.140. The Labute approximate surface area is 142 Å². The molecule has 0 aliphatic rings. The van der Waals surface area contributed by atoms with Gasteiger partial charge in [0.2, 0.25) is 0 Å². The second kappa shape index (κ2) is 7.77. The Kier molecular flexibility index (Phi) is 5.74. The van der Waals surface area contributed by atoms with Gasteiger partial charge in [0.15, 0.2) is 0 Å². The number of benzene rings is 2. The number of rotatable bonds is 5. The zero-order chi connectivity index (χ0) is 17.7. The van der Waals surface area contributed by atoms with Gasteiger partial charge in [-0.3, -0.25) is 9.59 Å². The van der Waals surface area contributed by atoms with Crippen LogP contribution in [0.3, 0.4) is 0 Å². The van der Waals surface area contributed by atoms with Crippen LogP contribution in [-0.4, -0.2) is 11.9 Å². The van der Waals surface area contributed by atoms with Crippen molar-refractivity contribution in [2.75, 3.05) is 0 Å². The van der Waals surface area contributed by atoms with Gasteiger partial charge in [0.25, 0.3) is 0 Å². The zero-order valence-electron chi connectivity index (χ0n) is 14.5. The molecule has 126 valence electrons. The summed E-state index contributed by atoms with van der Waals surface area (Å²) in [6, 6.07) is 11.2. The van der Waals surface area contributed by atoms with E-state index in [4.69, 9.17) is 9.47 Å². The van der Waals surface area contributed by atoms with E-state index in [1.54, 1.807) is 12.1 Å². The van der Waals surface area contributed by atoms with Gasteiger partial charge in [-0.25, -0.2) is 0 Å². The Morgan fingerprint density at radius 1 is 0.708 bits per heavy atom. The van der Waals surface area contributed by atoms with Crippen molar-refractivity contribution in [3.63, 3.8) is 0 Å². The van der Waals surface area contributed by atoms with E-state index < -0.39 is 11.9 Å². The molecule has 0 radical (unpaired) electrons. The third-order valence-electron chi connectivity index (χ3n) is 3.64. The minimum Gasteiger partial charge on any atom is -0.426 e. The molecule has 0 saturated carbocycles. The first-order valence-electron chi connectivity index (χ1n) is 7.91. The maximum atomic E-state index is 11.9. The molecular formula is C20H22O4. The quantitative estimate of drug-likeness (QED) is 0.610. The van der Waals surface area contributed by atoms with Crippen LogP contribution in [-0.2, 0) is 9.59 Å². The third kappa shape index (κ3) is 4.95. The Hall–Kier alpha value is -2.62. The molecule has 0 aromatic heterocycles. The molecule has 0 bridgehead atoms. The molecule has 0 fully saturated rings. The molecule has 24 heavy (non-hydrogen) atoms. The number of ether oxygens (including phenoxy) is 2. The van der Waals surface area contributed by atoms with E-state index in [1.807, 2.05) is 52.0 Å². The monoisotopic (exact) mass is 326 g/mol. The van der Waals surface area contributed by atoms with E-state index in [0.717, 1.165) is 22.3 Å². The number of carbonyl (C=O) groups is 2. The van der Waals surface area contributed by atoms with Crippen molar-refractivity contribution in [1.29, 1.82) is 0 Å². The lowest BCUT2D eigenvalue weighted by Gasteiger charge is -2.09. The van der Waals surface area contributed by atoms with E-state index in [-0.39, 0.29) is 12.8 Å². The predicted octanol–water partition coefficient (Wildman–Crippen LogP) is 4.21. The smallest absolute Gasteiger partial charge is 0.311 e. The maximum absolute atomic E-state index is 11.9. The van der Waals surface area contributed by atoms with Crippen molar-refractivity contribution in [3.8, 4) is 11.5 Å². The highest BCUT2D eigenvalue weighted by Crippen LogP contribution is 2.21. The van der Waals surface area contributed by atoms with Gasteiger partial charge in [0.1, 0.15) is 11.5 Å². The summed E-state index contributed by atoms with van der Waals surface area (Å²) in [6.45, 7) is 7.71. The van der Waals surface area contributed by atoms with E-state index in [2.05, 4.69) is 0 Å². The lowest BCUT2D eigenvalue weighted by atomic mass is 10.1. The summed E-state index contributed by atoms with van der Waals surface area (Å²) in [5.74, 6) is 0.153. The highest BCUT2D eigenvalue weighted by atomic mass is 16.5. The first kappa shape index (κ1) is 17.7. The van der Waals surface area contributed by atoms with Crippen LogP contribution in [0.5, 0.6) is 11.5 Å². The largest absolute Gasteiger partial charge is 0.426 e. The Bertz CT molecular complexity index is 697. The molecule has 4 heteroatoms. The van der Waals surface area contributed by atoms with Crippen LogP contribution in [0, 0.1) is 27.7 Å². The minimum absolute atomic E-state index is 0.0168. The number of aryl methyl sites for hydroxylation is 4. The van der Waals surface area contributed by atoms with E-state index in [1.165, 1.54) is 0 Å². The Morgan fingerprint density at radius 3 is 1.42 bits per heavy atom. The standard InChI is InChI=1S/C20H22O4/c1-13-5-7-17(15(3)11-13)23-19(21)9-10-20(22)24-18-8-6-14(2)12-16(18)4/h5-8,11-12H,9-10H2,1-4H3. The summed E-state index contributed by atoms with van der Waals surface area (Å²) < 4.78 is 10.6. The van der Waals surface area contributed by atoms with Crippen molar-refractivity contribution >= 4 is 11.9 Å². The summed E-state index contributed by atoms with van der Waals surface area (Å²) in [4.78, 5) is 23.8. The fourth-order valence-corrected chi connectivity index (χ4v) is 2.38. The molecule has 0 saturated heterocycles. The molecular weight excluding hydrogens is 304 g/mol. The average molecular weight is 326 g/mol. The molecule has 0 N–H and O–H groups in total. The molecule has 0 unspecified atom stereocenters. The first-order chi connectivity index (χ1) is 11.3. The second-order valence-electron chi connectivity index (χ2n) is 5.99. The second-order valence-corrected chi connectivity index (χ2v) is 5.99. The van der Waals surface area contributed by atoms with E-state index in [0.29, 0.717) is 11.5 Å². The summed E-state index contributed by atoms with van der Waals surface area (Å²) in [7, 11) is 0. The number of hydrogen-bond acceptors (Lipinski definition) is 4. The number of hydrogen-bond donors (Lipinski definition) is 0. The fourth-order valence-electron chi connectivity index (χ4n) is 2.38. The number of carbonyl (C=O) groups excluding carboxylic acids is 2. The van der Waals surface area contributed by atoms with Crippen molar-refractivity contribution in [2.45, 2.75) is 40.5 Å². The fraction of sp³-hybridized carbons (Fsp3) is 0.300. The third-order valence-corrected chi connectivity index (χ3v) is 3.64. The number of esters is 2. The lowest BCUT2D eigenvalue weighted by Crippen LogP contribution is -2.14. The first-order valence-corrected chi connectivity index (χ1v) is 7.91. The van der Waals surface area contributed by atoms with Gasteiger partial charge < -0.3 is 9.47 Å². The van der Waals surface area contributed by atoms with E-state index >= 15 is 0 Å². The molecule has 2 rings (SSSR count). The molecule has 0 aliphatic heterocycles. The molecule has 0 atom stereocenters. The van der Waals surface area contributed by atoms with Crippen LogP contribution < -0.4 is 9.47 Å². The van der Waals surface area contributed by atoms with Crippen LogP contribution in [0.1, 0.15) is 35.1 Å². The predicted molar refractivity (Wildman–Crippen MR) is 92.3 cm³/mol. The topological polar surface area (TPSA) is 52.6 Å². The van der Waals surface area contributed by atoms with Crippen molar-refractivity contribution in [2.24, 2.45) is 0 Å². The summed E-state index contributed by atoms with van der Waals surface area (Å²) in [5, 5.41) is 0. The van der Waals surface area contributed by atoms with Gasteiger partial charge in [0.05, 0.1) is 12.8 Å². The van der Waals surface area contributed by atoms with Crippen LogP contribution >= 0.6 is 0 Å². The molecule has 4 nitrogen and oxygen atoms in total. The van der Waals surface area contributed by atoms with Gasteiger partial charge in [-0.1, -0.05) is 35.4 Å². The van der Waals surface area contributed by atoms with Crippen molar-refractivity contribution in [1.82, 2.24) is 0 Å². The average Bonchev–Trinajstić information content (AvgIpc) is 2.51. The van der Waals surface area contributed by atoms with Crippen molar-refractivity contribution < 1.29 is 19.1 Å². The molecule has 0 spiro atoms. The van der Waals surface area contributed by atoms with Crippen LogP contribution in [0.4, 0.5) is 0 Å². The minimum atomic E-state index is -0.445. The molecule has 0 heterocycles. The summed E-state index contributed by atoms with van der Waals surface area (Å²) in [5.41, 5.74) is 3.98. The van der Waals surface area contributed by atoms with Crippen LogP contribution in [0.2, 0.25) is 0 Å². The van der Waals surface area contributed by atoms with Gasteiger partial charge in [0, 0.05) is 0 Å². The highest BCUT2D eigenvalue weighted by Gasteiger charge is 2.13. The van der Waals surface area contributed by atoms with Crippen LogP contribution in [0.15, 0.2) is 36.4 Å². The Balaban J connectivity index is 1.85. The van der Waals surface area contributed by atoms with Gasteiger partial charge in [-0.2, -0.15) is 0 Å². The highest BCUT2D eigenvalue weighted by molar-refractivity contribution is 5.80. The zero-order valence-corrected chi connectivity index (χ0v) is 14.5. The SMILES string of the molecule is Cc1ccc(OC(=O)CCC(=O)Oc2ccc(C)cc2C)c(C)c1. The summed E-state index contributed by atoms with van der Waals surface area (Å²) >= 11 is 0. The van der Waals surface area contributed by atoms with Crippen LogP contribution in [0.25, 0.3) is 0 Å². The Morgan fingerprint density at radius 2 is 1.08 bits per heavy atom. The van der Waals surface area contributed by atoms with Gasteiger partial charge >= 0.3 is 11.9 Å². The molecule has 0 aliphatic carbocycles. The molecule has 2 aromatic rings. The van der Waals surface area contributed by atoms with Gasteiger partial charge in [-0.05, 0) is 51.0 Å². The van der Waals surface area contributed by atoms with Crippen molar-refractivity contribution in [3.05, 3.63) is 58.7 Å². The maximum Gasteiger partial charge on any atom is 0.311 e.